The summed E-state index contributed by atoms with van der Waals surface area (Å²) in [6.07, 6.45) is 3.93. The molecule has 21 heavy (non-hydrogen) atoms. The number of nitrogens with one attached hydrogen (secondary N) is 2. The molecule has 2 unspecified atom stereocenters. The monoisotopic (exact) mass is 285 g/mol. The van der Waals surface area contributed by atoms with Crippen molar-refractivity contribution in [2.24, 2.45) is 0 Å². The Labute approximate surface area is 125 Å². The number of nitrogens with zero attached hydrogens (tertiary/aromatic N) is 1. The van der Waals surface area contributed by atoms with Crippen LogP contribution in [0.4, 0.5) is 0 Å². The first kappa shape index (κ1) is 14.1. The number of benzene rings is 1. The van der Waals surface area contributed by atoms with E-state index in [1.54, 1.807) is 0 Å². The van der Waals surface area contributed by atoms with Crippen molar-refractivity contribution in [3.05, 3.63) is 36.0 Å². The Morgan fingerprint density at radius 1 is 1.29 bits per heavy atom. The third-order valence-electron chi connectivity index (χ3n) is 4.55. The van der Waals surface area contributed by atoms with Gasteiger partial charge in [-0.2, -0.15) is 0 Å². The van der Waals surface area contributed by atoms with E-state index in [-0.39, 0.29) is 11.9 Å². The molecule has 1 aliphatic heterocycles. The fraction of sp³-hybridized carbons (Fsp3) is 0.471. The molecule has 112 valence electrons. The molecule has 0 aliphatic carbocycles. The second kappa shape index (κ2) is 5.90. The highest BCUT2D eigenvalue weighted by Gasteiger charge is 2.30. The van der Waals surface area contributed by atoms with Crippen LogP contribution in [-0.4, -0.2) is 41.0 Å². The maximum Gasteiger partial charge on any atom is 0.254 e. The number of aromatic nitrogens is 1. The number of fused-ring (bicyclic) bond motifs is 1. The van der Waals surface area contributed by atoms with E-state index in [0.717, 1.165) is 42.4 Å². The highest BCUT2D eigenvalue weighted by atomic mass is 16.2. The number of amides is 1. The molecule has 1 aromatic heterocycles. The van der Waals surface area contributed by atoms with E-state index in [1.807, 2.05) is 30.5 Å². The standard InChI is InChI=1S/C17H23N3O/c1-3-12-11-20(13(4-2)10-19-12)17(21)15-6-5-7-16-14(15)8-9-18-16/h5-9,12-13,18-19H,3-4,10-11H2,1-2H3. The summed E-state index contributed by atoms with van der Waals surface area (Å²) in [6.45, 7) is 6.01. The van der Waals surface area contributed by atoms with Gasteiger partial charge in [0.05, 0.1) is 0 Å². The summed E-state index contributed by atoms with van der Waals surface area (Å²) in [5, 5.41) is 4.56. The maximum absolute atomic E-state index is 13.0. The topological polar surface area (TPSA) is 48.1 Å². The summed E-state index contributed by atoms with van der Waals surface area (Å²) in [5.41, 5.74) is 1.83. The van der Waals surface area contributed by atoms with Crippen molar-refractivity contribution in [2.45, 2.75) is 38.8 Å². The van der Waals surface area contributed by atoms with Crippen LogP contribution in [-0.2, 0) is 0 Å². The molecule has 2 atom stereocenters. The smallest absolute Gasteiger partial charge is 0.254 e. The number of hydrogen-bond acceptors (Lipinski definition) is 2. The molecule has 0 saturated carbocycles. The zero-order valence-electron chi connectivity index (χ0n) is 12.7. The van der Waals surface area contributed by atoms with Crippen molar-refractivity contribution in [1.82, 2.24) is 15.2 Å². The Morgan fingerprint density at radius 3 is 2.90 bits per heavy atom. The van der Waals surface area contributed by atoms with E-state index >= 15 is 0 Å². The fourth-order valence-electron chi connectivity index (χ4n) is 3.18. The molecule has 0 spiro atoms. The van der Waals surface area contributed by atoms with E-state index in [2.05, 4.69) is 29.0 Å². The van der Waals surface area contributed by atoms with Crippen molar-refractivity contribution in [3.8, 4) is 0 Å². The van der Waals surface area contributed by atoms with Gasteiger partial charge in [-0.05, 0) is 31.0 Å². The van der Waals surface area contributed by atoms with Gasteiger partial charge in [0.15, 0.2) is 0 Å². The molecule has 1 aliphatic rings. The molecule has 1 aromatic carbocycles. The number of carbonyl (C=O) groups excluding carboxylic acids is 1. The maximum atomic E-state index is 13.0. The van der Waals surface area contributed by atoms with Crippen LogP contribution in [0.25, 0.3) is 10.9 Å². The van der Waals surface area contributed by atoms with Gasteiger partial charge >= 0.3 is 0 Å². The van der Waals surface area contributed by atoms with Crippen LogP contribution < -0.4 is 5.32 Å². The highest BCUT2D eigenvalue weighted by Crippen LogP contribution is 2.22. The molecule has 0 radical (unpaired) electrons. The normalized spacial score (nSPS) is 22.7. The lowest BCUT2D eigenvalue weighted by atomic mass is 10.0. The average molecular weight is 285 g/mol. The minimum absolute atomic E-state index is 0.159. The van der Waals surface area contributed by atoms with E-state index < -0.39 is 0 Å². The molecule has 2 aromatic rings. The lowest BCUT2D eigenvalue weighted by Gasteiger charge is -2.40. The van der Waals surface area contributed by atoms with Crippen LogP contribution >= 0.6 is 0 Å². The van der Waals surface area contributed by atoms with Crippen LogP contribution in [0, 0.1) is 0 Å². The number of rotatable bonds is 3. The van der Waals surface area contributed by atoms with Gasteiger partial charge in [-0.3, -0.25) is 4.79 Å². The number of piperazine rings is 1. The summed E-state index contributed by atoms with van der Waals surface area (Å²) in [5.74, 6) is 0.159. The molecule has 1 amide bonds. The average Bonchev–Trinajstić information content (AvgIpc) is 3.02. The first-order chi connectivity index (χ1) is 10.2. The van der Waals surface area contributed by atoms with Crippen LogP contribution in [0.3, 0.4) is 0 Å². The molecule has 2 heterocycles. The van der Waals surface area contributed by atoms with Crippen LogP contribution in [0.5, 0.6) is 0 Å². The van der Waals surface area contributed by atoms with E-state index in [1.165, 1.54) is 0 Å². The number of H-pyrrole nitrogens is 1. The number of hydrogen-bond donors (Lipinski definition) is 2. The predicted molar refractivity (Wildman–Crippen MR) is 85.5 cm³/mol. The van der Waals surface area contributed by atoms with Gasteiger partial charge < -0.3 is 15.2 Å². The SMILES string of the molecule is CCC1CN(C(=O)c2cccc3[nH]ccc23)C(CC)CN1. The molecule has 4 heteroatoms. The molecule has 4 nitrogen and oxygen atoms in total. The van der Waals surface area contributed by atoms with Crippen molar-refractivity contribution in [3.63, 3.8) is 0 Å². The predicted octanol–water partition coefficient (Wildman–Crippen LogP) is 2.77. The first-order valence-corrected chi connectivity index (χ1v) is 7.85. The zero-order valence-corrected chi connectivity index (χ0v) is 12.7. The van der Waals surface area contributed by atoms with E-state index in [0.29, 0.717) is 6.04 Å². The molecule has 0 bridgehead atoms. The quantitative estimate of drug-likeness (QED) is 0.911. The minimum atomic E-state index is 0.159. The minimum Gasteiger partial charge on any atom is -0.361 e. The van der Waals surface area contributed by atoms with Crippen molar-refractivity contribution < 1.29 is 4.79 Å². The van der Waals surface area contributed by atoms with Crippen molar-refractivity contribution >= 4 is 16.8 Å². The van der Waals surface area contributed by atoms with Crippen LogP contribution in [0.2, 0.25) is 0 Å². The molecule has 3 rings (SSSR count). The van der Waals surface area contributed by atoms with Gasteiger partial charge in [-0.1, -0.05) is 19.9 Å². The molecular weight excluding hydrogens is 262 g/mol. The van der Waals surface area contributed by atoms with Crippen molar-refractivity contribution in [2.75, 3.05) is 13.1 Å². The molecular formula is C17H23N3O. The third kappa shape index (κ3) is 2.56. The Kier molecular flexibility index (Phi) is 3.97. The number of aromatic amines is 1. The summed E-state index contributed by atoms with van der Waals surface area (Å²) in [6, 6.07) is 8.58. The highest BCUT2D eigenvalue weighted by molar-refractivity contribution is 6.06. The summed E-state index contributed by atoms with van der Waals surface area (Å²) >= 11 is 0. The fourth-order valence-corrected chi connectivity index (χ4v) is 3.18. The van der Waals surface area contributed by atoms with Crippen LogP contribution in [0.15, 0.2) is 30.5 Å². The molecule has 2 N–H and O–H groups in total. The second-order valence-corrected chi connectivity index (χ2v) is 5.78. The van der Waals surface area contributed by atoms with Crippen LogP contribution in [0.1, 0.15) is 37.0 Å². The van der Waals surface area contributed by atoms with Gasteiger partial charge in [-0.25, -0.2) is 0 Å². The zero-order chi connectivity index (χ0) is 14.8. The lowest BCUT2D eigenvalue weighted by molar-refractivity contribution is 0.0578. The van der Waals surface area contributed by atoms with E-state index in [4.69, 9.17) is 0 Å². The first-order valence-electron chi connectivity index (χ1n) is 7.85. The summed E-state index contributed by atoms with van der Waals surface area (Å²) in [7, 11) is 0. The van der Waals surface area contributed by atoms with E-state index in [9.17, 15) is 4.79 Å². The Balaban J connectivity index is 1.93. The van der Waals surface area contributed by atoms with Crippen molar-refractivity contribution in [1.29, 1.82) is 0 Å². The Morgan fingerprint density at radius 2 is 2.14 bits per heavy atom. The van der Waals surface area contributed by atoms with Gasteiger partial charge in [0.25, 0.3) is 5.91 Å². The Hall–Kier alpha value is -1.81. The van der Waals surface area contributed by atoms with Gasteiger partial charge in [-0.15, -0.1) is 0 Å². The number of carbonyl (C=O) groups is 1. The lowest BCUT2D eigenvalue weighted by Crippen LogP contribution is -2.57. The van der Waals surface area contributed by atoms with Gasteiger partial charge in [0.1, 0.15) is 0 Å². The molecule has 1 saturated heterocycles. The second-order valence-electron chi connectivity index (χ2n) is 5.78. The Bertz CT molecular complexity index is 634. The largest absolute Gasteiger partial charge is 0.361 e. The van der Waals surface area contributed by atoms with Gasteiger partial charge in [0.2, 0.25) is 0 Å². The summed E-state index contributed by atoms with van der Waals surface area (Å²) < 4.78 is 0. The van der Waals surface area contributed by atoms with Gasteiger partial charge in [0, 0.05) is 47.8 Å². The molecule has 1 fully saturated rings. The third-order valence-corrected chi connectivity index (χ3v) is 4.55. The summed E-state index contributed by atoms with van der Waals surface area (Å²) in [4.78, 5) is 18.3.